The molecule has 2 rings (SSSR count). The van der Waals surface area contributed by atoms with E-state index >= 15 is 0 Å². The Labute approximate surface area is 86.7 Å². The molecule has 2 unspecified atom stereocenters. The van der Waals surface area contributed by atoms with Crippen LogP contribution in [0.25, 0.3) is 0 Å². The van der Waals surface area contributed by atoms with Gasteiger partial charge in [0.05, 0.1) is 12.6 Å². The highest BCUT2D eigenvalue weighted by molar-refractivity contribution is 5.08. The van der Waals surface area contributed by atoms with Crippen molar-refractivity contribution in [3.05, 3.63) is 11.8 Å². The maximum absolute atomic E-state index is 5.73. The van der Waals surface area contributed by atoms with E-state index in [4.69, 9.17) is 4.74 Å². The molecule has 1 fully saturated rings. The molecule has 0 aromatic rings. The lowest BCUT2D eigenvalue weighted by Gasteiger charge is -2.28. The SMILES string of the molecule is CNC(C1=CCCCO1)C(C)C1CC1. The monoisotopic (exact) mass is 195 g/mol. The molecule has 0 aromatic carbocycles. The molecule has 1 aliphatic carbocycles. The average Bonchev–Trinajstić information content (AvgIpc) is 3.03. The molecule has 2 atom stereocenters. The molecule has 1 N–H and O–H groups in total. The minimum atomic E-state index is 0.447. The van der Waals surface area contributed by atoms with Gasteiger partial charge in [-0.2, -0.15) is 0 Å². The molecule has 1 heterocycles. The zero-order valence-electron chi connectivity index (χ0n) is 9.25. The van der Waals surface area contributed by atoms with E-state index in [9.17, 15) is 0 Å². The highest BCUT2D eigenvalue weighted by atomic mass is 16.5. The lowest BCUT2D eigenvalue weighted by Crippen LogP contribution is -2.36. The molecule has 1 saturated carbocycles. The first-order valence-corrected chi connectivity index (χ1v) is 5.83. The second-order valence-corrected chi connectivity index (χ2v) is 4.56. The molecule has 0 radical (unpaired) electrons. The smallest absolute Gasteiger partial charge is 0.109 e. The Morgan fingerprint density at radius 1 is 1.50 bits per heavy atom. The number of rotatable bonds is 4. The maximum atomic E-state index is 5.73. The Morgan fingerprint density at radius 3 is 2.79 bits per heavy atom. The van der Waals surface area contributed by atoms with Crippen LogP contribution in [0.1, 0.15) is 32.6 Å². The second-order valence-electron chi connectivity index (χ2n) is 4.56. The van der Waals surface area contributed by atoms with E-state index < -0.39 is 0 Å². The third-order valence-electron chi connectivity index (χ3n) is 3.47. The van der Waals surface area contributed by atoms with Crippen molar-refractivity contribution in [3.8, 4) is 0 Å². The molecular formula is C12H21NO. The Bertz CT molecular complexity index is 220. The van der Waals surface area contributed by atoms with Gasteiger partial charge < -0.3 is 10.1 Å². The van der Waals surface area contributed by atoms with Crippen LogP contribution in [0, 0.1) is 11.8 Å². The summed E-state index contributed by atoms with van der Waals surface area (Å²) in [5.41, 5.74) is 0. The number of likely N-dealkylation sites (N-methyl/N-ethyl adjacent to an activating group) is 1. The Kier molecular flexibility index (Phi) is 3.12. The van der Waals surface area contributed by atoms with Gasteiger partial charge in [0.15, 0.2) is 0 Å². The number of allylic oxidation sites excluding steroid dienone is 1. The van der Waals surface area contributed by atoms with E-state index in [1.165, 1.54) is 31.4 Å². The first kappa shape index (κ1) is 10.0. The van der Waals surface area contributed by atoms with E-state index in [1.54, 1.807) is 0 Å². The zero-order chi connectivity index (χ0) is 9.97. The predicted molar refractivity (Wildman–Crippen MR) is 58.0 cm³/mol. The van der Waals surface area contributed by atoms with Crippen LogP contribution in [0.5, 0.6) is 0 Å². The number of hydrogen-bond donors (Lipinski definition) is 1. The highest BCUT2D eigenvalue weighted by Crippen LogP contribution is 2.40. The van der Waals surface area contributed by atoms with Crippen molar-refractivity contribution >= 4 is 0 Å². The molecule has 2 nitrogen and oxygen atoms in total. The van der Waals surface area contributed by atoms with Crippen molar-refractivity contribution in [2.24, 2.45) is 11.8 Å². The maximum Gasteiger partial charge on any atom is 0.109 e. The van der Waals surface area contributed by atoms with Crippen molar-refractivity contribution in [3.63, 3.8) is 0 Å². The van der Waals surface area contributed by atoms with Crippen molar-refractivity contribution in [1.29, 1.82) is 0 Å². The first-order valence-electron chi connectivity index (χ1n) is 5.83. The third kappa shape index (κ3) is 2.11. The van der Waals surface area contributed by atoms with Crippen molar-refractivity contribution in [1.82, 2.24) is 5.32 Å². The predicted octanol–water partition coefficient (Wildman–Crippen LogP) is 2.31. The van der Waals surface area contributed by atoms with Crippen LogP contribution in [0.4, 0.5) is 0 Å². The number of nitrogens with one attached hydrogen (secondary N) is 1. The van der Waals surface area contributed by atoms with E-state index in [2.05, 4.69) is 18.3 Å². The van der Waals surface area contributed by atoms with Crippen molar-refractivity contribution in [2.45, 2.75) is 38.6 Å². The largest absolute Gasteiger partial charge is 0.497 e. The van der Waals surface area contributed by atoms with Gasteiger partial charge >= 0.3 is 0 Å². The molecule has 0 aromatic heterocycles. The Hall–Kier alpha value is -0.500. The lowest BCUT2D eigenvalue weighted by atomic mass is 9.94. The summed E-state index contributed by atoms with van der Waals surface area (Å²) in [5.74, 6) is 2.85. The average molecular weight is 195 g/mol. The fourth-order valence-electron chi connectivity index (χ4n) is 2.35. The van der Waals surface area contributed by atoms with Gasteiger partial charge in [-0.25, -0.2) is 0 Å². The number of hydrogen-bond acceptors (Lipinski definition) is 2. The summed E-state index contributed by atoms with van der Waals surface area (Å²) in [6, 6.07) is 0.447. The standard InChI is InChI=1S/C12H21NO/c1-9(10-6-7-10)12(13-2)11-5-3-4-8-14-11/h5,9-10,12-13H,3-4,6-8H2,1-2H3. The summed E-state index contributed by atoms with van der Waals surface area (Å²) in [7, 11) is 2.04. The van der Waals surface area contributed by atoms with Gasteiger partial charge in [0.25, 0.3) is 0 Å². The van der Waals surface area contributed by atoms with Gasteiger partial charge in [-0.3, -0.25) is 0 Å². The van der Waals surface area contributed by atoms with E-state index in [-0.39, 0.29) is 0 Å². The minimum Gasteiger partial charge on any atom is -0.497 e. The number of ether oxygens (including phenoxy) is 1. The molecule has 0 amide bonds. The molecule has 14 heavy (non-hydrogen) atoms. The molecule has 2 heteroatoms. The van der Waals surface area contributed by atoms with Crippen LogP contribution in [-0.4, -0.2) is 19.7 Å². The summed E-state index contributed by atoms with van der Waals surface area (Å²) < 4.78 is 5.73. The summed E-state index contributed by atoms with van der Waals surface area (Å²) in [6.07, 6.45) is 7.45. The van der Waals surface area contributed by atoms with Crippen LogP contribution in [0.3, 0.4) is 0 Å². The molecule has 80 valence electrons. The minimum absolute atomic E-state index is 0.447. The molecule has 1 aliphatic heterocycles. The molecule has 2 aliphatic rings. The fraction of sp³-hybridized carbons (Fsp3) is 0.833. The summed E-state index contributed by atoms with van der Waals surface area (Å²) in [6.45, 7) is 3.25. The lowest BCUT2D eigenvalue weighted by molar-refractivity contribution is 0.151. The molecule has 0 saturated heterocycles. The normalized spacial score (nSPS) is 26.3. The van der Waals surface area contributed by atoms with Crippen LogP contribution in [0.2, 0.25) is 0 Å². The third-order valence-corrected chi connectivity index (χ3v) is 3.47. The van der Waals surface area contributed by atoms with Crippen molar-refractivity contribution in [2.75, 3.05) is 13.7 Å². The summed E-state index contributed by atoms with van der Waals surface area (Å²) >= 11 is 0. The molecule has 0 bridgehead atoms. The summed E-state index contributed by atoms with van der Waals surface area (Å²) in [5, 5.41) is 3.40. The first-order chi connectivity index (χ1) is 6.83. The topological polar surface area (TPSA) is 21.3 Å². The van der Waals surface area contributed by atoms with Crippen LogP contribution < -0.4 is 5.32 Å². The van der Waals surface area contributed by atoms with Gasteiger partial charge in [0, 0.05) is 0 Å². The van der Waals surface area contributed by atoms with Gasteiger partial charge in [-0.1, -0.05) is 6.92 Å². The van der Waals surface area contributed by atoms with Gasteiger partial charge in [-0.05, 0) is 50.6 Å². The van der Waals surface area contributed by atoms with Crippen molar-refractivity contribution < 1.29 is 4.74 Å². The van der Waals surface area contributed by atoms with E-state index in [0.29, 0.717) is 6.04 Å². The zero-order valence-corrected chi connectivity index (χ0v) is 9.25. The second kappa shape index (κ2) is 4.35. The van der Waals surface area contributed by atoms with Gasteiger partial charge in [0.1, 0.15) is 5.76 Å². The fourth-order valence-corrected chi connectivity index (χ4v) is 2.35. The Balaban J connectivity index is 1.99. The summed E-state index contributed by atoms with van der Waals surface area (Å²) in [4.78, 5) is 0. The Morgan fingerprint density at radius 2 is 2.29 bits per heavy atom. The van der Waals surface area contributed by atoms with Gasteiger partial charge in [0.2, 0.25) is 0 Å². The van der Waals surface area contributed by atoms with Crippen LogP contribution in [0.15, 0.2) is 11.8 Å². The van der Waals surface area contributed by atoms with Crippen LogP contribution in [-0.2, 0) is 4.74 Å². The molecular weight excluding hydrogens is 174 g/mol. The quantitative estimate of drug-likeness (QED) is 0.743. The van der Waals surface area contributed by atoms with Gasteiger partial charge in [-0.15, -0.1) is 0 Å². The van der Waals surface area contributed by atoms with E-state index in [0.717, 1.165) is 18.4 Å². The highest BCUT2D eigenvalue weighted by Gasteiger charge is 2.35. The van der Waals surface area contributed by atoms with E-state index in [1.807, 2.05) is 7.05 Å². The molecule has 0 spiro atoms. The van der Waals surface area contributed by atoms with Crippen LogP contribution >= 0.6 is 0 Å².